The van der Waals surface area contributed by atoms with E-state index in [2.05, 4.69) is 48.5 Å². The Bertz CT molecular complexity index is 691. The van der Waals surface area contributed by atoms with E-state index in [9.17, 15) is 0 Å². The van der Waals surface area contributed by atoms with Crippen LogP contribution in [0.3, 0.4) is 0 Å². The van der Waals surface area contributed by atoms with Crippen LogP contribution in [0.2, 0.25) is 0 Å². The predicted octanol–water partition coefficient (Wildman–Crippen LogP) is 5.36. The second kappa shape index (κ2) is 4.09. The van der Waals surface area contributed by atoms with Gasteiger partial charge in [0.2, 0.25) is 0 Å². The largest absolute Gasteiger partial charge is 0.102 e. The van der Waals surface area contributed by atoms with Crippen LogP contribution >= 0.6 is 32.9 Å². The summed E-state index contributed by atoms with van der Waals surface area (Å²) in [6.45, 7) is 0. The molecule has 16 heavy (non-hydrogen) atoms. The second-order valence-electron chi connectivity index (χ2n) is 3.56. The van der Waals surface area contributed by atoms with Crippen molar-refractivity contribution >= 4 is 43.7 Å². The van der Waals surface area contributed by atoms with Crippen molar-refractivity contribution < 1.29 is 0 Å². The standard InChI is InChI=1S/C13H8S3/c14-13-8-12(15-16-13)11-6-5-9-3-1-2-4-10(9)7-11/h1-8H. The number of hydrogen-bond acceptors (Lipinski definition) is 3. The van der Waals surface area contributed by atoms with Crippen molar-refractivity contribution in [3.05, 3.63) is 52.4 Å². The molecular formula is C13H8S3. The van der Waals surface area contributed by atoms with Gasteiger partial charge in [0.05, 0.1) is 0 Å². The first-order valence-corrected chi connectivity index (χ1v) is 7.48. The molecule has 0 aliphatic heterocycles. The highest BCUT2D eigenvalue weighted by molar-refractivity contribution is 7.80. The van der Waals surface area contributed by atoms with Crippen molar-refractivity contribution in [1.29, 1.82) is 0 Å². The van der Waals surface area contributed by atoms with Gasteiger partial charge < -0.3 is 0 Å². The fraction of sp³-hybridized carbons (Fsp3) is 0. The zero-order valence-electron chi connectivity index (χ0n) is 8.34. The Kier molecular flexibility index (Phi) is 2.59. The van der Waals surface area contributed by atoms with Gasteiger partial charge in [0.15, 0.2) is 0 Å². The molecule has 3 rings (SSSR count). The molecule has 0 unspecified atom stereocenters. The van der Waals surface area contributed by atoms with Gasteiger partial charge in [-0.1, -0.05) is 69.3 Å². The molecule has 0 aliphatic rings. The first-order chi connectivity index (χ1) is 7.83. The molecule has 1 heterocycles. The molecule has 78 valence electrons. The zero-order valence-corrected chi connectivity index (χ0v) is 10.8. The Labute approximate surface area is 106 Å². The molecule has 1 aromatic heterocycles. The van der Waals surface area contributed by atoms with Gasteiger partial charge in [-0.05, 0) is 28.5 Å². The number of benzene rings is 2. The van der Waals surface area contributed by atoms with Crippen molar-refractivity contribution in [2.45, 2.75) is 0 Å². The van der Waals surface area contributed by atoms with Gasteiger partial charge in [0.1, 0.15) is 3.82 Å². The van der Waals surface area contributed by atoms with E-state index in [0.717, 1.165) is 3.82 Å². The monoisotopic (exact) mass is 260 g/mol. The van der Waals surface area contributed by atoms with Gasteiger partial charge in [-0.15, -0.1) is 0 Å². The molecule has 0 fully saturated rings. The van der Waals surface area contributed by atoms with Crippen LogP contribution in [0.25, 0.3) is 21.2 Å². The van der Waals surface area contributed by atoms with E-state index in [0.29, 0.717) is 0 Å². The van der Waals surface area contributed by atoms with Crippen molar-refractivity contribution in [2.75, 3.05) is 0 Å². The van der Waals surface area contributed by atoms with Crippen molar-refractivity contribution in [3.8, 4) is 10.4 Å². The smallest absolute Gasteiger partial charge is 0.0786 e. The van der Waals surface area contributed by atoms with Crippen LogP contribution in [-0.2, 0) is 0 Å². The third kappa shape index (κ3) is 1.82. The minimum atomic E-state index is 0.966. The average Bonchev–Trinajstić information content (AvgIpc) is 2.75. The molecule has 0 saturated heterocycles. The summed E-state index contributed by atoms with van der Waals surface area (Å²) in [4.78, 5) is 1.26. The summed E-state index contributed by atoms with van der Waals surface area (Å²) in [5.74, 6) is 0. The van der Waals surface area contributed by atoms with Crippen molar-refractivity contribution in [2.24, 2.45) is 0 Å². The van der Waals surface area contributed by atoms with E-state index in [-0.39, 0.29) is 0 Å². The van der Waals surface area contributed by atoms with Crippen LogP contribution in [0.5, 0.6) is 0 Å². The Morgan fingerprint density at radius 1 is 0.812 bits per heavy atom. The van der Waals surface area contributed by atoms with Crippen molar-refractivity contribution in [3.63, 3.8) is 0 Å². The summed E-state index contributed by atoms with van der Waals surface area (Å²) in [6.07, 6.45) is 0. The van der Waals surface area contributed by atoms with Gasteiger partial charge >= 0.3 is 0 Å². The summed E-state index contributed by atoms with van der Waals surface area (Å²) in [7, 11) is 3.41. The van der Waals surface area contributed by atoms with Gasteiger partial charge in [0.25, 0.3) is 0 Å². The topological polar surface area (TPSA) is 0 Å². The molecule has 0 radical (unpaired) electrons. The zero-order chi connectivity index (χ0) is 11.0. The Morgan fingerprint density at radius 3 is 2.38 bits per heavy atom. The summed E-state index contributed by atoms with van der Waals surface area (Å²) >= 11 is 5.16. The quantitative estimate of drug-likeness (QED) is 0.419. The van der Waals surface area contributed by atoms with E-state index in [1.165, 1.54) is 21.2 Å². The van der Waals surface area contributed by atoms with Crippen LogP contribution in [0.15, 0.2) is 48.5 Å². The summed E-state index contributed by atoms with van der Waals surface area (Å²) in [5.41, 5.74) is 1.26. The lowest BCUT2D eigenvalue weighted by Crippen LogP contribution is -1.74. The first kappa shape index (κ1) is 10.1. The van der Waals surface area contributed by atoms with Crippen molar-refractivity contribution in [1.82, 2.24) is 0 Å². The third-order valence-corrected chi connectivity index (χ3v) is 5.41. The van der Waals surface area contributed by atoms with Crippen LogP contribution in [-0.4, -0.2) is 0 Å². The van der Waals surface area contributed by atoms with E-state index in [1.807, 2.05) is 0 Å². The highest BCUT2D eigenvalue weighted by Crippen LogP contribution is 2.31. The first-order valence-electron chi connectivity index (χ1n) is 4.92. The fourth-order valence-electron chi connectivity index (χ4n) is 1.72. The Hall–Kier alpha value is -1.03. The van der Waals surface area contributed by atoms with E-state index >= 15 is 0 Å². The van der Waals surface area contributed by atoms with Gasteiger partial charge in [-0.2, -0.15) is 0 Å². The maximum absolute atomic E-state index is 5.16. The normalized spacial score (nSPS) is 10.8. The average molecular weight is 260 g/mol. The Morgan fingerprint density at radius 2 is 1.62 bits per heavy atom. The van der Waals surface area contributed by atoms with Gasteiger partial charge in [0, 0.05) is 4.88 Å². The Balaban J connectivity index is 2.22. The minimum absolute atomic E-state index is 0.966. The number of rotatable bonds is 1. The van der Waals surface area contributed by atoms with Crippen LogP contribution in [0, 0.1) is 3.82 Å². The molecule has 0 bridgehead atoms. The predicted molar refractivity (Wildman–Crippen MR) is 76.0 cm³/mol. The van der Waals surface area contributed by atoms with Gasteiger partial charge in [-0.3, -0.25) is 0 Å². The molecule has 0 N–H and O–H groups in total. The lowest BCUT2D eigenvalue weighted by molar-refractivity contribution is 1.73. The molecule has 0 amide bonds. The molecule has 3 heteroatoms. The van der Waals surface area contributed by atoms with Crippen LogP contribution < -0.4 is 0 Å². The van der Waals surface area contributed by atoms with E-state index in [4.69, 9.17) is 12.2 Å². The summed E-state index contributed by atoms with van der Waals surface area (Å²) in [6, 6.07) is 17.0. The molecule has 0 nitrogen and oxygen atoms in total. The third-order valence-electron chi connectivity index (χ3n) is 2.50. The molecule has 0 atom stereocenters. The molecule has 0 aliphatic carbocycles. The van der Waals surface area contributed by atoms with Crippen LogP contribution in [0.4, 0.5) is 0 Å². The molecule has 0 spiro atoms. The maximum atomic E-state index is 5.16. The second-order valence-corrected chi connectivity index (χ2v) is 6.47. The highest BCUT2D eigenvalue weighted by atomic mass is 32.9. The maximum Gasteiger partial charge on any atom is 0.102 e. The lowest BCUT2D eigenvalue weighted by atomic mass is 10.1. The minimum Gasteiger partial charge on any atom is -0.0786 e. The summed E-state index contributed by atoms with van der Waals surface area (Å²) < 4.78 is 0.966. The number of fused-ring (bicyclic) bond motifs is 1. The molecule has 2 aromatic carbocycles. The van der Waals surface area contributed by atoms with E-state index < -0.39 is 0 Å². The SMILES string of the molecule is S=c1cc(-c2ccc3ccccc3c2)ss1. The van der Waals surface area contributed by atoms with E-state index in [1.54, 1.807) is 20.7 Å². The van der Waals surface area contributed by atoms with Gasteiger partial charge in [-0.25, -0.2) is 0 Å². The molecule has 3 aromatic rings. The lowest BCUT2D eigenvalue weighted by Gasteiger charge is -2.00. The summed E-state index contributed by atoms with van der Waals surface area (Å²) in [5, 5.41) is 2.56. The molecular weight excluding hydrogens is 252 g/mol. The molecule has 0 saturated carbocycles. The fourth-order valence-corrected chi connectivity index (χ4v) is 4.11. The number of hydrogen-bond donors (Lipinski definition) is 0. The van der Waals surface area contributed by atoms with Crippen LogP contribution in [0.1, 0.15) is 0 Å². The highest BCUT2D eigenvalue weighted by Gasteiger charge is 2.01.